The van der Waals surface area contributed by atoms with Crippen molar-refractivity contribution in [2.24, 2.45) is 0 Å². The lowest BCUT2D eigenvalue weighted by Gasteiger charge is -2.38. The Balaban J connectivity index is 1.21. The van der Waals surface area contributed by atoms with Crippen molar-refractivity contribution in [2.45, 2.75) is 0 Å². The molecule has 0 unspecified atom stereocenters. The van der Waals surface area contributed by atoms with Crippen LogP contribution in [0, 0.1) is 0 Å². The molecule has 3 heterocycles. The minimum absolute atomic E-state index is 0.548. The summed E-state index contributed by atoms with van der Waals surface area (Å²) in [6.45, 7) is 0. The van der Waals surface area contributed by atoms with Gasteiger partial charge in [-0.1, -0.05) is 6.07 Å². The Morgan fingerprint density at radius 3 is 1.64 bits per heavy atom. The fourth-order valence-corrected chi connectivity index (χ4v) is 6.41. The summed E-state index contributed by atoms with van der Waals surface area (Å²) >= 11 is 0. The van der Waals surface area contributed by atoms with Gasteiger partial charge in [0, 0.05) is 24.3 Å². The Hall–Kier alpha value is -6.68. The van der Waals surface area contributed by atoms with Gasteiger partial charge in [-0.2, -0.15) is 0 Å². The molecule has 0 aliphatic carbocycles. The Kier molecular flexibility index (Phi) is 6.77. The highest BCUT2D eigenvalue weighted by atomic mass is 16.5. The van der Waals surface area contributed by atoms with Gasteiger partial charge in [0.25, 0.3) is 0 Å². The summed E-state index contributed by atoms with van der Waals surface area (Å²) in [7, 11) is 6.52. The predicted octanol–water partition coefficient (Wildman–Crippen LogP) is 10.7. The molecule has 248 valence electrons. The molecule has 0 saturated heterocycles. The van der Waals surface area contributed by atoms with Crippen molar-refractivity contribution in [2.75, 3.05) is 38.7 Å². The van der Waals surface area contributed by atoms with E-state index < -0.39 is 0 Å². The topological polar surface area (TPSA) is 89.1 Å². The second kappa shape index (κ2) is 11.5. The van der Waals surface area contributed by atoms with Crippen LogP contribution in [0.4, 0.5) is 28.4 Å². The third-order valence-electron chi connectivity index (χ3n) is 8.86. The van der Waals surface area contributed by atoms with Gasteiger partial charge < -0.3 is 43.2 Å². The molecule has 10 heteroatoms. The van der Waals surface area contributed by atoms with Gasteiger partial charge in [0.1, 0.15) is 40.1 Å². The van der Waals surface area contributed by atoms with E-state index in [1.54, 1.807) is 28.4 Å². The maximum Gasteiger partial charge on any atom is 0.156 e. The zero-order chi connectivity index (χ0) is 33.9. The third kappa shape index (κ3) is 4.80. The molecule has 0 atom stereocenters. The third-order valence-corrected chi connectivity index (χ3v) is 8.86. The van der Waals surface area contributed by atoms with Crippen LogP contribution in [0.2, 0.25) is 0 Å². The maximum absolute atomic E-state index is 6.60. The van der Waals surface area contributed by atoms with Gasteiger partial charge in [-0.15, -0.1) is 0 Å². The van der Waals surface area contributed by atoms with Crippen LogP contribution in [0.5, 0.6) is 69.0 Å². The number of nitrogens with one attached hydrogen (secondary N) is 1. The van der Waals surface area contributed by atoms with Gasteiger partial charge in [-0.3, -0.25) is 4.90 Å². The quantitative estimate of drug-likeness (QED) is 0.177. The molecule has 50 heavy (non-hydrogen) atoms. The summed E-state index contributed by atoms with van der Waals surface area (Å²) < 4.78 is 48.2. The van der Waals surface area contributed by atoms with Crippen molar-refractivity contribution in [3.8, 4) is 80.1 Å². The first-order valence-corrected chi connectivity index (χ1v) is 15.8. The van der Waals surface area contributed by atoms with Crippen LogP contribution < -0.4 is 48.1 Å². The van der Waals surface area contributed by atoms with E-state index in [-0.39, 0.29) is 0 Å². The van der Waals surface area contributed by atoms with Crippen LogP contribution in [-0.4, -0.2) is 28.4 Å². The molecule has 10 nitrogen and oxygen atoms in total. The smallest absolute Gasteiger partial charge is 0.156 e. The minimum Gasteiger partial charge on any atom is -0.497 e. The van der Waals surface area contributed by atoms with Crippen LogP contribution in [0.1, 0.15) is 0 Å². The second-order valence-electron chi connectivity index (χ2n) is 11.7. The lowest BCUT2D eigenvalue weighted by atomic mass is 9.99. The van der Waals surface area contributed by atoms with Crippen LogP contribution in [0.15, 0.2) is 103 Å². The van der Waals surface area contributed by atoms with Crippen molar-refractivity contribution >= 4 is 28.4 Å². The molecule has 9 rings (SSSR count). The molecule has 0 amide bonds. The zero-order valence-corrected chi connectivity index (χ0v) is 27.5. The highest BCUT2D eigenvalue weighted by Gasteiger charge is 2.36. The number of rotatable bonds is 7. The van der Waals surface area contributed by atoms with E-state index in [4.69, 9.17) is 37.9 Å². The summed E-state index contributed by atoms with van der Waals surface area (Å²) in [5.41, 5.74) is 5.58. The van der Waals surface area contributed by atoms with Crippen molar-refractivity contribution in [1.29, 1.82) is 0 Å². The molecule has 0 bridgehead atoms. The number of anilines is 5. The first-order chi connectivity index (χ1) is 24.5. The van der Waals surface area contributed by atoms with Gasteiger partial charge >= 0.3 is 0 Å². The molecule has 1 N–H and O–H groups in total. The minimum atomic E-state index is 0.548. The van der Waals surface area contributed by atoms with E-state index in [1.165, 1.54) is 0 Å². The number of hydrogen-bond acceptors (Lipinski definition) is 10. The molecular formula is C40H30N2O8. The summed E-state index contributed by atoms with van der Waals surface area (Å²) in [5, 5.41) is 3.50. The average Bonchev–Trinajstić information content (AvgIpc) is 3.16. The fourth-order valence-electron chi connectivity index (χ4n) is 6.41. The molecule has 0 fully saturated rings. The van der Waals surface area contributed by atoms with Crippen molar-refractivity contribution in [1.82, 2.24) is 0 Å². The van der Waals surface area contributed by atoms with Crippen LogP contribution in [-0.2, 0) is 0 Å². The number of fused-ring (bicyclic) bond motifs is 6. The van der Waals surface area contributed by atoms with E-state index in [9.17, 15) is 0 Å². The SMILES string of the molecule is COc1cccc(Oc2cc(-c3cc4c5c(c3)Oc3cc(OC)ccc3N5c3ccc(OC)cc3O4)cc3c2Nc2ccc(OC)cc2O3)c1. The van der Waals surface area contributed by atoms with E-state index in [2.05, 4.69) is 10.2 Å². The second-order valence-corrected chi connectivity index (χ2v) is 11.7. The van der Waals surface area contributed by atoms with E-state index in [1.807, 2.05) is 103 Å². The summed E-state index contributed by atoms with van der Waals surface area (Å²) in [5.74, 6) is 7.59. The number of methoxy groups -OCH3 is 4. The number of benzene rings is 6. The molecule has 0 aromatic heterocycles. The van der Waals surface area contributed by atoms with Gasteiger partial charge in [0.2, 0.25) is 0 Å². The lowest BCUT2D eigenvalue weighted by molar-refractivity contribution is 0.404. The van der Waals surface area contributed by atoms with Gasteiger partial charge in [0.15, 0.2) is 40.2 Å². The standard InChI is InChI=1S/C40H30N2O8/c1-43-24-6-5-7-28(18-24)47-35-14-22(15-36-39(35)41-29-11-8-25(44-2)19-32(29)48-36)23-16-37-40-38(17-23)50-34-21-27(46-4)10-13-31(34)42(40)30-12-9-26(45-3)20-33(30)49-37/h5-21,41H,1-4H3. The van der Waals surface area contributed by atoms with Crippen LogP contribution in [0.3, 0.4) is 0 Å². The Morgan fingerprint density at radius 2 is 1.00 bits per heavy atom. The van der Waals surface area contributed by atoms with Crippen molar-refractivity contribution in [3.05, 3.63) is 103 Å². The number of nitrogens with zero attached hydrogens (tertiary/aromatic N) is 1. The largest absolute Gasteiger partial charge is 0.497 e. The van der Waals surface area contributed by atoms with Crippen LogP contribution in [0.25, 0.3) is 11.1 Å². The van der Waals surface area contributed by atoms with E-state index in [0.29, 0.717) is 74.7 Å². The van der Waals surface area contributed by atoms with Gasteiger partial charge in [-0.25, -0.2) is 0 Å². The van der Waals surface area contributed by atoms with Crippen LogP contribution >= 0.6 is 0 Å². The molecule has 0 spiro atoms. The average molecular weight is 667 g/mol. The van der Waals surface area contributed by atoms with Crippen molar-refractivity contribution in [3.63, 3.8) is 0 Å². The first kappa shape index (κ1) is 29.5. The number of hydrogen-bond donors (Lipinski definition) is 1. The van der Waals surface area contributed by atoms with E-state index >= 15 is 0 Å². The van der Waals surface area contributed by atoms with E-state index in [0.717, 1.165) is 33.9 Å². The van der Waals surface area contributed by atoms with Gasteiger partial charge in [0.05, 0.1) is 45.5 Å². The zero-order valence-electron chi connectivity index (χ0n) is 27.5. The Morgan fingerprint density at radius 1 is 0.480 bits per heavy atom. The lowest BCUT2D eigenvalue weighted by Crippen LogP contribution is -2.20. The molecule has 0 radical (unpaired) electrons. The van der Waals surface area contributed by atoms with Gasteiger partial charge in [-0.05, 0) is 83.9 Å². The summed E-state index contributed by atoms with van der Waals surface area (Å²) in [6.07, 6.45) is 0. The molecule has 0 saturated carbocycles. The van der Waals surface area contributed by atoms with Crippen molar-refractivity contribution < 1.29 is 37.9 Å². The molecular weight excluding hydrogens is 636 g/mol. The monoisotopic (exact) mass is 666 g/mol. The molecule has 3 aliphatic rings. The molecule has 3 aliphatic heterocycles. The highest BCUT2D eigenvalue weighted by Crippen LogP contribution is 2.61. The number of ether oxygens (including phenoxy) is 8. The molecule has 6 aromatic rings. The fraction of sp³-hybridized carbons (Fsp3) is 0.100. The molecule has 6 aromatic carbocycles. The Labute approximate surface area is 287 Å². The predicted molar refractivity (Wildman–Crippen MR) is 189 cm³/mol. The summed E-state index contributed by atoms with van der Waals surface area (Å²) in [6, 6.07) is 32.6. The highest BCUT2D eigenvalue weighted by molar-refractivity contribution is 5.96. The summed E-state index contributed by atoms with van der Waals surface area (Å²) in [4.78, 5) is 2.15. The Bertz CT molecular complexity index is 2240. The maximum atomic E-state index is 6.60. The first-order valence-electron chi connectivity index (χ1n) is 15.8. The normalized spacial score (nSPS) is 12.6.